The molecule has 26 heavy (non-hydrogen) atoms. The molecule has 2 aromatic rings. The van der Waals surface area contributed by atoms with Crippen LogP contribution in [0.25, 0.3) is 0 Å². The third kappa shape index (κ3) is 6.82. The molecule has 0 heterocycles. The van der Waals surface area contributed by atoms with Crippen molar-refractivity contribution in [3.8, 4) is 11.5 Å². The minimum atomic E-state index is -0.901. The lowest BCUT2D eigenvalue weighted by Crippen LogP contribution is -2.25. The van der Waals surface area contributed by atoms with Gasteiger partial charge in [-0.25, -0.2) is 0 Å². The SMILES string of the molecule is O=C(O)Cc1ccc(OCC(O)COc2ccc(CC(=O)O)cc2)cc1. The fourth-order valence-corrected chi connectivity index (χ4v) is 2.19. The van der Waals surface area contributed by atoms with E-state index in [4.69, 9.17) is 19.7 Å². The molecule has 0 atom stereocenters. The first kappa shape index (κ1) is 19.3. The number of aliphatic hydroxyl groups is 1. The van der Waals surface area contributed by atoms with E-state index < -0.39 is 18.0 Å². The number of aliphatic hydroxyl groups excluding tert-OH is 1. The molecular weight excluding hydrogens is 340 g/mol. The Hall–Kier alpha value is -3.06. The van der Waals surface area contributed by atoms with E-state index in [1.807, 2.05) is 0 Å². The average Bonchev–Trinajstić information content (AvgIpc) is 2.59. The van der Waals surface area contributed by atoms with Crippen molar-refractivity contribution in [2.24, 2.45) is 0 Å². The molecule has 7 nitrogen and oxygen atoms in total. The maximum absolute atomic E-state index is 10.6. The zero-order valence-electron chi connectivity index (χ0n) is 14.0. The molecular formula is C19H20O7. The van der Waals surface area contributed by atoms with E-state index >= 15 is 0 Å². The van der Waals surface area contributed by atoms with Crippen molar-refractivity contribution in [2.45, 2.75) is 18.9 Å². The van der Waals surface area contributed by atoms with Gasteiger partial charge in [0.15, 0.2) is 0 Å². The number of carbonyl (C=O) groups is 2. The maximum Gasteiger partial charge on any atom is 0.307 e. The van der Waals surface area contributed by atoms with Gasteiger partial charge in [0, 0.05) is 0 Å². The lowest BCUT2D eigenvalue weighted by atomic mass is 10.1. The Balaban J connectivity index is 1.73. The molecule has 0 aliphatic rings. The van der Waals surface area contributed by atoms with Gasteiger partial charge in [0.25, 0.3) is 0 Å². The van der Waals surface area contributed by atoms with E-state index in [1.54, 1.807) is 48.5 Å². The quantitative estimate of drug-likeness (QED) is 0.591. The number of ether oxygens (including phenoxy) is 2. The predicted molar refractivity (Wildman–Crippen MR) is 92.6 cm³/mol. The molecule has 0 saturated carbocycles. The molecule has 3 N–H and O–H groups in total. The van der Waals surface area contributed by atoms with Crippen molar-refractivity contribution in [1.82, 2.24) is 0 Å². The molecule has 138 valence electrons. The molecule has 0 saturated heterocycles. The van der Waals surface area contributed by atoms with Crippen molar-refractivity contribution >= 4 is 11.9 Å². The first-order valence-corrected chi connectivity index (χ1v) is 7.97. The highest BCUT2D eigenvalue weighted by molar-refractivity contribution is 5.70. The van der Waals surface area contributed by atoms with E-state index in [1.165, 1.54) is 0 Å². The normalized spacial score (nSPS) is 10.5. The van der Waals surface area contributed by atoms with Crippen molar-refractivity contribution in [3.05, 3.63) is 59.7 Å². The van der Waals surface area contributed by atoms with E-state index in [-0.39, 0.29) is 26.1 Å². The summed E-state index contributed by atoms with van der Waals surface area (Å²) < 4.78 is 10.9. The Morgan fingerprint density at radius 1 is 0.731 bits per heavy atom. The molecule has 0 amide bonds. The van der Waals surface area contributed by atoms with Gasteiger partial charge in [0.1, 0.15) is 30.8 Å². The van der Waals surface area contributed by atoms with Crippen LogP contribution in [0.2, 0.25) is 0 Å². The van der Waals surface area contributed by atoms with E-state index in [9.17, 15) is 14.7 Å². The van der Waals surface area contributed by atoms with Crippen LogP contribution in [0.15, 0.2) is 48.5 Å². The molecule has 0 aliphatic heterocycles. The van der Waals surface area contributed by atoms with Gasteiger partial charge in [-0.05, 0) is 35.4 Å². The van der Waals surface area contributed by atoms with Crippen molar-refractivity contribution in [3.63, 3.8) is 0 Å². The fourth-order valence-electron chi connectivity index (χ4n) is 2.19. The second-order valence-corrected chi connectivity index (χ2v) is 5.70. The summed E-state index contributed by atoms with van der Waals surface area (Å²) in [4.78, 5) is 21.2. The summed E-state index contributed by atoms with van der Waals surface area (Å²) in [5.41, 5.74) is 1.33. The smallest absolute Gasteiger partial charge is 0.307 e. The predicted octanol–water partition coefficient (Wildman–Crippen LogP) is 1.76. The Labute approximate surface area is 150 Å². The van der Waals surface area contributed by atoms with Gasteiger partial charge >= 0.3 is 11.9 Å². The highest BCUT2D eigenvalue weighted by atomic mass is 16.5. The summed E-state index contributed by atoms with van der Waals surface area (Å²) in [6, 6.07) is 13.2. The minimum Gasteiger partial charge on any atom is -0.491 e. The molecule has 0 radical (unpaired) electrons. The molecule has 0 fully saturated rings. The zero-order valence-corrected chi connectivity index (χ0v) is 14.0. The van der Waals surface area contributed by atoms with Gasteiger partial charge in [-0.1, -0.05) is 24.3 Å². The number of aliphatic carboxylic acids is 2. The van der Waals surface area contributed by atoms with Gasteiger partial charge in [0.2, 0.25) is 0 Å². The summed E-state index contributed by atoms with van der Waals surface area (Å²) in [7, 11) is 0. The van der Waals surface area contributed by atoms with Gasteiger partial charge in [-0.15, -0.1) is 0 Å². The summed E-state index contributed by atoms with van der Waals surface area (Å²) in [5.74, 6) is -0.753. The Bertz CT molecular complexity index is 659. The molecule has 0 aliphatic carbocycles. The zero-order chi connectivity index (χ0) is 18.9. The van der Waals surface area contributed by atoms with E-state index in [0.29, 0.717) is 22.6 Å². The molecule has 2 rings (SSSR count). The Morgan fingerprint density at radius 3 is 1.38 bits per heavy atom. The van der Waals surface area contributed by atoms with E-state index in [0.717, 1.165) is 0 Å². The first-order chi connectivity index (χ1) is 12.4. The van der Waals surface area contributed by atoms with Crippen LogP contribution in [-0.4, -0.2) is 46.6 Å². The monoisotopic (exact) mass is 360 g/mol. The van der Waals surface area contributed by atoms with Crippen LogP contribution in [-0.2, 0) is 22.4 Å². The summed E-state index contributed by atoms with van der Waals surface area (Å²) in [5, 5.41) is 27.3. The number of hydrogen-bond acceptors (Lipinski definition) is 5. The molecule has 0 unspecified atom stereocenters. The van der Waals surface area contributed by atoms with Crippen LogP contribution in [0, 0.1) is 0 Å². The lowest BCUT2D eigenvalue weighted by Gasteiger charge is -2.14. The second kappa shape index (κ2) is 9.43. The van der Waals surface area contributed by atoms with Crippen LogP contribution in [0.5, 0.6) is 11.5 Å². The Kier molecular flexibility index (Phi) is 6.99. The lowest BCUT2D eigenvalue weighted by molar-refractivity contribution is -0.137. The number of hydrogen-bond donors (Lipinski definition) is 3. The van der Waals surface area contributed by atoms with Crippen LogP contribution < -0.4 is 9.47 Å². The van der Waals surface area contributed by atoms with Crippen molar-refractivity contribution < 1.29 is 34.4 Å². The molecule has 7 heteroatoms. The van der Waals surface area contributed by atoms with Crippen LogP contribution >= 0.6 is 0 Å². The summed E-state index contributed by atoms with van der Waals surface area (Å²) in [6.45, 7) is 0.0464. The van der Waals surface area contributed by atoms with E-state index in [2.05, 4.69) is 0 Å². The minimum absolute atomic E-state index is 0.0232. The first-order valence-electron chi connectivity index (χ1n) is 7.97. The van der Waals surface area contributed by atoms with Gasteiger partial charge in [-0.2, -0.15) is 0 Å². The van der Waals surface area contributed by atoms with Crippen LogP contribution in [0.4, 0.5) is 0 Å². The number of carboxylic acids is 2. The number of benzene rings is 2. The number of carboxylic acid groups (broad SMARTS) is 2. The van der Waals surface area contributed by atoms with Crippen LogP contribution in [0.3, 0.4) is 0 Å². The second-order valence-electron chi connectivity index (χ2n) is 5.70. The topological polar surface area (TPSA) is 113 Å². The molecule has 2 aromatic carbocycles. The molecule has 0 bridgehead atoms. The summed E-state index contributed by atoms with van der Waals surface area (Å²) in [6.07, 6.45) is -0.961. The number of rotatable bonds is 10. The molecule has 0 spiro atoms. The maximum atomic E-state index is 10.6. The fraction of sp³-hybridized carbons (Fsp3) is 0.263. The highest BCUT2D eigenvalue weighted by Crippen LogP contribution is 2.15. The van der Waals surface area contributed by atoms with Crippen molar-refractivity contribution in [1.29, 1.82) is 0 Å². The molecule has 0 aromatic heterocycles. The third-order valence-corrected chi connectivity index (χ3v) is 3.44. The van der Waals surface area contributed by atoms with Crippen molar-refractivity contribution in [2.75, 3.05) is 13.2 Å². The van der Waals surface area contributed by atoms with Crippen LogP contribution in [0.1, 0.15) is 11.1 Å². The van der Waals surface area contributed by atoms with Gasteiger partial charge in [0.05, 0.1) is 12.8 Å². The Morgan fingerprint density at radius 2 is 1.08 bits per heavy atom. The largest absolute Gasteiger partial charge is 0.491 e. The standard InChI is InChI=1S/C19H20O7/c20-15(11-25-16-5-1-13(2-6-16)9-18(21)22)12-26-17-7-3-14(4-8-17)10-19(23)24/h1-8,15,20H,9-12H2,(H,21,22)(H,23,24). The third-order valence-electron chi connectivity index (χ3n) is 3.44. The summed E-state index contributed by atoms with van der Waals surface area (Å²) >= 11 is 0. The van der Waals surface area contributed by atoms with Gasteiger partial charge < -0.3 is 24.8 Å². The highest BCUT2D eigenvalue weighted by Gasteiger charge is 2.08. The average molecular weight is 360 g/mol. The van der Waals surface area contributed by atoms with Gasteiger partial charge in [-0.3, -0.25) is 9.59 Å².